The third-order valence-electron chi connectivity index (χ3n) is 4.84. The number of benzene rings is 2. The van der Waals surface area contributed by atoms with Crippen LogP contribution < -0.4 is 14.2 Å². The zero-order chi connectivity index (χ0) is 19.9. The first-order valence-electron chi connectivity index (χ1n) is 9.50. The summed E-state index contributed by atoms with van der Waals surface area (Å²) in [6, 6.07) is 11.2. The first-order valence-corrected chi connectivity index (χ1v) is 9.50. The van der Waals surface area contributed by atoms with Gasteiger partial charge in [0.2, 0.25) is 0 Å². The molecule has 0 fully saturated rings. The third kappa shape index (κ3) is 5.78. The van der Waals surface area contributed by atoms with Crippen molar-refractivity contribution in [1.29, 1.82) is 0 Å². The molecule has 0 spiro atoms. The number of nitrogens with zero attached hydrogens (tertiary/aromatic N) is 1. The van der Waals surface area contributed by atoms with Crippen LogP contribution in [-0.4, -0.2) is 51.4 Å². The predicted molar refractivity (Wildman–Crippen MR) is 114 cm³/mol. The Labute approximate surface area is 178 Å². The van der Waals surface area contributed by atoms with E-state index in [0.29, 0.717) is 18.8 Å². The molecule has 0 saturated carbocycles. The number of fused-ring (bicyclic) bond motifs is 1. The summed E-state index contributed by atoms with van der Waals surface area (Å²) >= 11 is 0. The summed E-state index contributed by atoms with van der Waals surface area (Å²) in [6.45, 7) is 5.42. The van der Waals surface area contributed by atoms with Crippen molar-refractivity contribution < 1.29 is 23.7 Å². The van der Waals surface area contributed by atoms with Gasteiger partial charge in [0.25, 0.3) is 0 Å². The molecule has 0 N–H and O–H groups in total. The summed E-state index contributed by atoms with van der Waals surface area (Å²) in [4.78, 5) is 14.0. The van der Waals surface area contributed by atoms with E-state index in [2.05, 4.69) is 17.0 Å². The van der Waals surface area contributed by atoms with Gasteiger partial charge in [-0.3, -0.25) is 4.90 Å². The molecule has 6 nitrogen and oxygen atoms in total. The van der Waals surface area contributed by atoms with Crippen LogP contribution in [0, 0.1) is 0 Å². The molecule has 1 aliphatic heterocycles. The molecule has 0 unspecified atom stereocenters. The summed E-state index contributed by atoms with van der Waals surface area (Å²) < 4.78 is 21.6. The van der Waals surface area contributed by atoms with Crippen LogP contribution in [0.1, 0.15) is 28.4 Å². The second-order valence-corrected chi connectivity index (χ2v) is 6.60. The number of carbonyl (C=O) groups excluding carboxylic acids is 1. The maximum Gasteiger partial charge on any atom is 0.338 e. The molecule has 0 saturated heterocycles. The maximum atomic E-state index is 11.7. The molecule has 0 bridgehead atoms. The van der Waals surface area contributed by atoms with E-state index in [-0.39, 0.29) is 18.4 Å². The second kappa shape index (κ2) is 10.9. The molecule has 0 radical (unpaired) electrons. The van der Waals surface area contributed by atoms with Gasteiger partial charge in [0.15, 0.2) is 11.5 Å². The lowest BCUT2D eigenvalue weighted by Crippen LogP contribution is -2.33. The standard InChI is InChI=1S/C22H27NO5.ClH/c1-4-27-22(24)16-5-7-19(8-6-16)28-12-11-23-10-9-17-13-20(25-2)21(26-3)14-18(17)15-23;/h5-8,13-14H,4,9-12,15H2,1-3H3;1H. The van der Waals surface area contributed by atoms with Crippen LogP contribution in [0.5, 0.6) is 17.2 Å². The Morgan fingerprint density at radius 1 is 1.03 bits per heavy atom. The molecule has 0 aliphatic carbocycles. The molecule has 0 amide bonds. The topological polar surface area (TPSA) is 57.2 Å². The van der Waals surface area contributed by atoms with E-state index in [9.17, 15) is 4.79 Å². The first-order chi connectivity index (χ1) is 13.6. The van der Waals surface area contributed by atoms with E-state index < -0.39 is 0 Å². The molecule has 29 heavy (non-hydrogen) atoms. The van der Waals surface area contributed by atoms with Crippen LogP contribution >= 0.6 is 12.4 Å². The zero-order valence-electron chi connectivity index (χ0n) is 17.1. The molecule has 0 aromatic heterocycles. The molecular formula is C22H28ClNO5. The zero-order valence-corrected chi connectivity index (χ0v) is 17.9. The van der Waals surface area contributed by atoms with E-state index in [1.807, 2.05) is 0 Å². The van der Waals surface area contributed by atoms with Crippen molar-refractivity contribution in [2.45, 2.75) is 19.9 Å². The lowest BCUT2D eigenvalue weighted by Gasteiger charge is -2.29. The molecule has 1 aliphatic rings. The normalized spacial score (nSPS) is 13.1. The molecular weight excluding hydrogens is 394 g/mol. The average molecular weight is 422 g/mol. The van der Waals surface area contributed by atoms with E-state index in [4.69, 9.17) is 18.9 Å². The van der Waals surface area contributed by atoms with Crippen molar-refractivity contribution in [3.63, 3.8) is 0 Å². The largest absolute Gasteiger partial charge is 0.493 e. The molecule has 3 rings (SSSR count). The van der Waals surface area contributed by atoms with Crippen LogP contribution in [0.2, 0.25) is 0 Å². The minimum Gasteiger partial charge on any atom is -0.493 e. The van der Waals surface area contributed by atoms with Crippen molar-refractivity contribution >= 4 is 18.4 Å². The van der Waals surface area contributed by atoms with E-state index >= 15 is 0 Å². The Bertz CT molecular complexity index is 810. The Morgan fingerprint density at radius 2 is 1.69 bits per heavy atom. The second-order valence-electron chi connectivity index (χ2n) is 6.60. The van der Waals surface area contributed by atoms with Crippen LogP contribution in [0.25, 0.3) is 0 Å². The monoisotopic (exact) mass is 421 g/mol. The van der Waals surface area contributed by atoms with Crippen LogP contribution in [-0.2, 0) is 17.7 Å². The predicted octanol–water partition coefficient (Wildman–Crippen LogP) is 3.74. The third-order valence-corrected chi connectivity index (χ3v) is 4.84. The lowest BCUT2D eigenvalue weighted by atomic mass is 9.99. The highest BCUT2D eigenvalue weighted by Crippen LogP contribution is 2.33. The molecule has 0 atom stereocenters. The lowest BCUT2D eigenvalue weighted by molar-refractivity contribution is 0.0526. The van der Waals surface area contributed by atoms with Crippen LogP contribution in [0.4, 0.5) is 0 Å². The van der Waals surface area contributed by atoms with E-state index in [1.54, 1.807) is 45.4 Å². The molecule has 1 heterocycles. The molecule has 158 valence electrons. The van der Waals surface area contributed by atoms with Crippen LogP contribution in [0.3, 0.4) is 0 Å². The Hall–Kier alpha value is -2.44. The number of halogens is 1. The summed E-state index contributed by atoms with van der Waals surface area (Å²) in [5.74, 6) is 1.98. The van der Waals surface area contributed by atoms with Gasteiger partial charge in [0, 0.05) is 19.6 Å². The van der Waals surface area contributed by atoms with Gasteiger partial charge in [-0.2, -0.15) is 0 Å². The smallest absolute Gasteiger partial charge is 0.338 e. The van der Waals surface area contributed by atoms with Gasteiger partial charge in [0.05, 0.1) is 26.4 Å². The number of hydrogen-bond donors (Lipinski definition) is 0. The van der Waals surface area contributed by atoms with Crippen molar-refractivity contribution in [2.24, 2.45) is 0 Å². The number of carbonyl (C=O) groups is 1. The van der Waals surface area contributed by atoms with Gasteiger partial charge in [-0.05, 0) is 60.9 Å². The fraction of sp³-hybridized carbons (Fsp3) is 0.409. The highest BCUT2D eigenvalue weighted by atomic mass is 35.5. The number of hydrogen-bond acceptors (Lipinski definition) is 6. The van der Waals surface area contributed by atoms with Gasteiger partial charge in [-0.1, -0.05) is 0 Å². The van der Waals surface area contributed by atoms with Crippen molar-refractivity contribution in [2.75, 3.05) is 40.5 Å². The van der Waals surface area contributed by atoms with Crippen molar-refractivity contribution in [3.8, 4) is 17.2 Å². The SMILES string of the molecule is CCOC(=O)c1ccc(OCCN2CCc3cc(OC)c(OC)cc3C2)cc1.Cl. The summed E-state index contributed by atoms with van der Waals surface area (Å²) in [5, 5.41) is 0. The molecule has 2 aromatic rings. The van der Waals surface area contributed by atoms with Gasteiger partial charge < -0.3 is 18.9 Å². The fourth-order valence-electron chi connectivity index (χ4n) is 3.33. The number of rotatable bonds is 8. The molecule has 7 heteroatoms. The number of methoxy groups -OCH3 is 2. The van der Waals surface area contributed by atoms with Gasteiger partial charge in [0.1, 0.15) is 12.4 Å². The van der Waals surface area contributed by atoms with Gasteiger partial charge >= 0.3 is 5.97 Å². The van der Waals surface area contributed by atoms with Gasteiger partial charge in [-0.25, -0.2) is 4.79 Å². The highest BCUT2D eigenvalue weighted by Gasteiger charge is 2.19. The van der Waals surface area contributed by atoms with Crippen LogP contribution in [0.15, 0.2) is 36.4 Å². The minimum absolute atomic E-state index is 0. The Kier molecular flexibility index (Phi) is 8.61. The summed E-state index contributed by atoms with van der Waals surface area (Å²) in [6.07, 6.45) is 0.976. The van der Waals surface area contributed by atoms with Crippen molar-refractivity contribution in [1.82, 2.24) is 4.90 Å². The van der Waals surface area contributed by atoms with E-state index in [1.165, 1.54) is 11.1 Å². The Balaban J connectivity index is 0.00000300. The highest BCUT2D eigenvalue weighted by molar-refractivity contribution is 5.89. The maximum absolute atomic E-state index is 11.7. The number of ether oxygens (including phenoxy) is 4. The number of esters is 1. The first kappa shape index (κ1) is 22.8. The quantitative estimate of drug-likeness (QED) is 0.605. The van der Waals surface area contributed by atoms with Crippen molar-refractivity contribution in [3.05, 3.63) is 53.1 Å². The average Bonchev–Trinajstić information content (AvgIpc) is 2.73. The van der Waals surface area contributed by atoms with Gasteiger partial charge in [-0.15, -0.1) is 12.4 Å². The van der Waals surface area contributed by atoms with E-state index in [0.717, 1.165) is 43.3 Å². The summed E-state index contributed by atoms with van der Waals surface area (Å²) in [5.41, 5.74) is 3.11. The fourth-order valence-corrected chi connectivity index (χ4v) is 3.33. The minimum atomic E-state index is -0.312. The Morgan fingerprint density at radius 3 is 2.31 bits per heavy atom. The molecule has 2 aromatic carbocycles. The summed E-state index contributed by atoms with van der Waals surface area (Å²) in [7, 11) is 3.32.